The van der Waals surface area contributed by atoms with E-state index in [0.717, 1.165) is 24.8 Å². The summed E-state index contributed by atoms with van der Waals surface area (Å²) in [5.41, 5.74) is 3.35. The number of carbonyl (C=O) groups is 3. The number of benzene rings is 3. The Bertz CT molecular complexity index is 1200. The molecule has 0 saturated carbocycles. The lowest BCUT2D eigenvalue weighted by Crippen LogP contribution is -2.49. The summed E-state index contributed by atoms with van der Waals surface area (Å²) in [6.07, 6.45) is 2.33. The molecule has 3 aromatic rings. The first-order chi connectivity index (χ1) is 17.5. The van der Waals surface area contributed by atoms with E-state index in [9.17, 15) is 14.4 Å². The standard InChI is InChI=1S/C30H33N3O3/c1-3-18-33(26-16-19-32(20-17-26)29(35)24-12-8-5-9-13-24)30(36)25-15-14-22(2)27(21-25)31-28(34)23-10-6-4-7-11-23/h4-15,21,26H,3,16-20H2,1-2H3,(H,31,34). The van der Waals surface area contributed by atoms with Crippen molar-refractivity contribution in [2.45, 2.75) is 39.2 Å². The minimum Gasteiger partial charge on any atom is -0.338 e. The number of hydrogen-bond donors (Lipinski definition) is 1. The van der Waals surface area contributed by atoms with E-state index in [1.54, 1.807) is 18.2 Å². The van der Waals surface area contributed by atoms with Crippen molar-refractivity contribution in [3.63, 3.8) is 0 Å². The fourth-order valence-electron chi connectivity index (χ4n) is 4.67. The highest BCUT2D eigenvalue weighted by molar-refractivity contribution is 6.05. The zero-order valence-electron chi connectivity index (χ0n) is 20.9. The molecule has 0 aromatic heterocycles. The average molecular weight is 484 g/mol. The molecule has 186 valence electrons. The Morgan fingerprint density at radius 2 is 1.47 bits per heavy atom. The van der Waals surface area contributed by atoms with Gasteiger partial charge in [-0.15, -0.1) is 0 Å². The molecule has 0 atom stereocenters. The van der Waals surface area contributed by atoms with Crippen molar-refractivity contribution >= 4 is 23.4 Å². The quantitative estimate of drug-likeness (QED) is 0.489. The molecule has 6 heteroatoms. The molecule has 1 aliphatic heterocycles. The van der Waals surface area contributed by atoms with Gasteiger partial charge in [0.05, 0.1) is 0 Å². The van der Waals surface area contributed by atoms with Gasteiger partial charge >= 0.3 is 0 Å². The summed E-state index contributed by atoms with van der Waals surface area (Å²) < 4.78 is 0. The number of likely N-dealkylation sites (tertiary alicyclic amines) is 1. The van der Waals surface area contributed by atoms with Gasteiger partial charge in [0.15, 0.2) is 0 Å². The van der Waals surface area contributed by atoms with Crippen molar-refractivity contribution in [1.82, 2.24) is 9.80 Å². The molecular formula is C30H33N3O3. The lowest BCUT2D eigenvalue weighted by atomic mass is 10.00. The molecule has 0 unspecified atom stereocenters. The van der Waals surface area contributed by atoms with Gasteiger partial charge in [0.25, 0.3) is 17.7 Å². The molecule has 1 fully saturated rings. The third-order valence-corrected chi connectivity index (χ3v) is 6.71. The lowest BCUT2D eigenvalue weighted by molar-refractivity contribution is 0.0519. The summed E-state index contributed by atoms with van der Waals surface area (Å²) in [6.45, 7) is 5.87. The fraction of sp³-hybridized carbons (Fsp3) is 0.300. The maximum atomic E-state index is 13.6. The van der Waals surface area contributed by atoms with Crippen LogP contribution in [0.15, 0.2) is 78.9 Å². The van der Waals surface area contributed by atoms with Crippen LogP contribution < -0.4 is 5.32 Å². The number of nitrogens with one attached hydrogen (secondary N) is 1. The van der Waals surface area contributed by atoms with Crippen LogP contribution in [0.1, 0.15) is 62.8 Å². The number of aryl methyl sites for hydroxylation is 1. The van der Waals surface area contributed by atoms with Gasteiger partial charge in [0.1, 0.15) is 0 Å². The molecular weight excluding hydrogens is 450 g/mol. The molecule has 3 aromatic carbocycles. The van der Waals surface area contributed by atoms with E-state index in [0.29, 0.717) is 42.0 Å². The maximum absolute atomic E-state index is 13.6. The molecule has 36 heavy (non-hydrogen) atoms. The van der Waals surface area contributed by atoms with Gasteiger partial charge in [0.2, 0.25) is 0 Å². The highest BCUT2D eigenvalue weighted by atomic mass is 16.2. The largest absolute Gasteiger partial charge is 0.338 e. The third-order valence-electron chi connectivity index (χ3n) is 6.71. The summed E-state index contributed by atoms with van der Waals surface area (Å²) in [5.74, 6) is -0.205. The first kappa shape index (κ1) is 25.2. The summed E-state index contributed by atoms with van der Waals surface area (Å²) >= 11 is 0. The summed E-state index contributed by atoms with van der Waals surface area (Å²) in [5, 5.41) is 2.95. The third kappa shape index (κ3) is 5.82. The van der Waals surface area contributed by atoms with E-state index in [-0.39, 0.29) is 23.8 Å². The van der Waals surface area contributed by atoms with Crippen LogP contribution in [0, 0.1) is 6.92 Å². The number of carbonyl (C=O) groups excluding carboxylic acids is 3. The molecule has 6 nitrogen and oxygen atoms in total. The lowest BCUT2D eigenvalue weighted by Gasteiger charge is -2.38. The van der Waals surface area contributed by atoms with E-state index < -0.39 is 0 Å². The molecule has 1 heterocycles. The van der Waals surface area contributed by atoms with Crippen LogP contribution in [0.25, 0.3) is 0 Å². The Kier molecular flexibility index (Phi) is 8.16. The monoisotopic (exact) mass is 483 g/mol. The highest BCUT2D eigenvalue weighted by Crippen LogP contribution is 2.24. The minimum atomic E-state index is -0.204. The van der Waals surface area contributed by atoms with Gasteiger partial charge in [-0.25, -0.2) is 0 Å². The van der Waals surface area contributed by atoms with Crippen LogP contribution in [0.4, 0.5) is 5.69 Å². The number of amides is 3. The molecule has 0 aliphatic carbocycles. The zero-order chi connectivity index (χ0) is 25.5. The topological polar surface area (TPSA) is 69.7 Å². The number of rotatable bonds is 7. The Morgan fingerprint density at radius 1 is 0.861 bits per heavy atom. The second kappa shape index (κ2) is 11.7. The minimum absolute atomic E-state index is 0.0414. The van der Waals surface area contributed by atoms with Crippen LogP contribution in [0.3, 0.4) is 0 Å². The fourth-order valence-corrected chi connectivity index (χ4v) is 4.67. The van der Waals surface area contributed by atoms with Crippen molar-refractivity contribution in [3.05, 3.63) is 101 Å². The van der Waals surface area contributed by atoms with Crippen molar-refractivity contribution in [2.75, 3.05) is 25.0 Å². The number of anilines is 1. The molecule has 0 spiro atoms. The summed E-state index contributed by atoms with van der Waals surface area (Å²) in [4.78, 5) is 43.0. The van der Waals surface area contributed by atoms with Crippen LogP contribution >= 0.6 is 0 Å². The van der Waals surface area contributed by atoms with Crippen molar-refractivity contribution in [3.8, 4) is 0 Å². The van der Waals surface area contributed by atoms with E-state index in [2.05, 4.69) is 12.2 Å². The van der Waals surface area contributed by atoms with Gasteiger partial charge in [-0.3, -0.25) is 14.4 Å². The molecule has 1 aliphatic rings. The smallest absolute Gasteiger partial charge is 0.255 e. The molecule has 0 radical (unpaired) electrons. The normalized spacial score (nSPS) is 13.8. The second-order valence-electron chi connectivity index (χ2n) is 9.24. The van der Waals surface area contributed by atoms with Crippen molar-refractivity contribution in [1.29, 1.82) is 0 Å². The summed E-state index contributed by atoms with van der Waals surface area (Å²) in [6, 6.07) is 23.9. The van der Waals surface area contributed by atoms with E-state index >= 15 is 0 Å². The Labute approximate surface area is 212 Å². The number of nitrogens with zero attached hydrogens (tertiary/aromatic N) is 2. The van der Waals surface area contributed by atoms with Crippen molar-refractivity contribution in [2.24, 2.45) is 0 Å². The average Bonchev–Trinajstić information content (AvgIpc) is 2.93. The molecule has 1 saturated heterocycles. The van der Waals surface area contributed by atoms with Crippen LogP contribution in [0.5, 0.6) is 0 Å². The first-order valence-corrected chi connectivity index (χ1v) is 12.6. The summed E-state index contributed by atoms with van der Waals surface area (Å²) in [7, 11) is 0. The Morgan fingerprint density at radius 3 is 2.08 bits per heavy atom. The second-order valence-corrected chi connectivity index (χ2v) is 9.24. The van der Waals surface area contributed by atoms with Gasteiger partial charge in [0, 0.05) is 48.1 Å². The molecule has 1 N–H and O–H groups in total. The van der Waals surface area contributed by atoms with E-state index in [1.807, 2.05) is 77.4 Å². The van der Waals surface area contributed by atoms with Gasteiger partial charge in [-0.05, 0) is 68.1 Å². The number of hydrogen-bond acceptors (Lipinski definition) is 3. The van der Waals surface area contributed by atoms with E-state index in [1.165, 1.54) is 0 Å². The predicted octanol–water partition coefficient (Wildman–Crippen LogP) is 5.40. The Hall–Kier alpha value is -3.93. The maximum Gasteiger partial charge on any atom is 0.255 e. The Balaban J connectivity index is 1.45. The van der Waals surface area contributed by atoms with Crippen LogP contribution in [0.2, 0.25) is 0 Å². The van der Waals surface area contributed by atoms with Crippen molar-refractivity contribution < 1.29 is 14.4 Å². The van der Waals surface area contributed by atoms with E-state index in [4.69, 9.17) is 0 Å². The molecule has 0 bridgehead atoms. The molecule has 3 amide bonds. The predicted molar refractivity (Wildman–Crippen MR) is 142 cm³/mol. The number of piperidine rings is 1. The highest BCUT2D eigenvalue weighted by Gasteiger charge is 2.30. The van der Waals surface area contributed by atoms with Crippen LogP contribution in [-0.2, 0) is 0 Å². The van der Waals surface area contributed by atoms with Gasteiger partial charge in [-0.1, -0.05) is 49.4 Å². The van der Waals surface area contributed by atoms with Gasteiger partial charge < -0.3 is 15.1 Å². The van der Waals surface area contributed by atoms with Crippen LogP contribution in [-0.4, -0.2) is 53.2 Å². The van der Waals surface area contributed by atoms with Gasteiger partial charge in [-0.2, -0.15) is 0 Å². The first-order valence-electron chi connectivity index (χ1n) is 12.6. The zero-order valence-corrected chi connectivity index (χ0v) is 20.9. The SMILES string of the molecule is CCCN(C(=O)c1ccc(C)c(NC(=O)c2ccccc2)c1)C1CCN(C(=O)c2ccccc2)CC1. The molecule has 4 rings (SSSR count).